The van der Waals surface area contributed by atoms with Crippen LogP contribution in [0.15, 0.2) is 72.9 Å². The van der Waals surface area contributed by atoms with E-state index in [1.807, 2.05) is 55.5 Å². The van der Waals surface area contributed by atoms with Gasteiger partial charge in [-0.15, -0.1) is 0 Å². The number of allylic oxidation sites excluding steroid dienone is 1. The number of aromatic nitrogens is 1. The molecule has 1 atom stereocenters. The van der Waals surface area contributed by atoms with E-state index >= 15 is 0 Å². The zero-order valence-corrected chi connectivity index (χ0v) is 15.9. The van der Waals surface area contributed by atoms with Crippen molar-refractivity contribution in [1.82, 2.24) is 4.98 Å². The highest BCUT2D eigenvalue weighted by molar-refractivity contribution is 5.76. The maximum atomic E-state index is 13.0. The molecule has 0 spiro atoms. The molecule has 0 amide bonds. The minimum absolute atomic E-state index is 0.185. The molecule has 28 heavy (non-hydrogen) atoms. The van der Waals surface area contributed by atoms with Gasteiger partial charge in [0, 0.05) is 18.7 Å². The average molecular weight is 375 g/mol. The van der Waals surface area contributed by atoms with Crippen LogP contribution in [0.25, 0.3) is 17.2 Å². The third kappa shape index (κ3) is 5.61. The SMILES string of the molecule is CC(=O)C[C@@H](C)/C=C/c1ccc(Oc2ccc(-c3ccc(F)cc3)cc2)nc1. The summed E-state index contributed by atoms with van der Waals surface area (Å²) < 4.78 is 18.8. The fourth-order valence-electron chi connectivity index (χ4n) is 2.83. The van der Waals surface area contributed by atoms with Crippen molar-refractivity contribution in [2.75, 3.05) is 0 Å². The van der Waals surface area contributed by atoms with Gasteiger partial charge in [0.15, 0.2) is 0 Å². The van der Waals surface area contributed by atoms with Crippen LogP contribution < -0.4 is 4.74 Å². The Labute approximate surface area is 164 Å². The Morgan fingerprint density at radius 2 is 1.68 bits per heavy atom. The summed E-state index contributed by atoms with van der Waals surface area (Å²) in [5, 5.41) is 0. The molecule has 3 aromatic rings. The van der Waals surface area contributed by atoms with Crippen LogP contribution in [0, 0.1) is 11.7 Å². The molecule has 0 fully saturated rings. The highest BCUT2D eigenvalue weighted by Gasteiger charge is 2.03. The lowest BCUT2D eigenvalue weighted by atomic mass is 10.0. The first-order valence-corrected chi connectivity index (χ1v) is 9.17. The Bertz CT molecular complexity index is 945. The number of carbonyl (C=O) groups is 1. The van der Waals surface area contributed by atoms with Crippen molar-refractivity contribution >= 4 is 11.9 Å². The quantitative estimate of drug-likeness (QED) is 0.486. The fraction of sp³-hybridized carbons (Fsp3) is 0.167. The standard InChI is InChI=1S/C24H22FNO2/c1-17(15-18(2)27)3-4-19-5-14-24(26-16-19)28-23-12-8-21(9-13-23)20-6-10-22(25)11-7-20/h3-14,16-17H,15H2,1-2H3/b4-3+/t17-/m0/s1. The second-order valence-electron chi connectivity index (χ2n) is 6.81. The number of Topliss-reactive ketones (excluding diaryl/α,β-unsaturated/α-hetero) is 1. The highest BCUT2D eigenvalue weighted by atomic mass is 19.1. The molecule has 0 saturated heterocycles. The summed E-state index contributed by atoms with van der Waals surface area (Å²) in [6, 6.07) is 17.7. The lowest BCUT2D eigenvalue weighted by molar-refractivity contribution is -0.117. The first kappa shape index (κ1) is 19.5. The summed E-state index contributed by atoms with van der Waals surface area (Å²) in [6.07, 6.45) is 6.24. The van der Waals surface area contributed by atoms with Crippen molar-refractivity contribution in [2.24, 2.45) is 5.92 Å². The molecule has 0 radical (unpaired) electrons. The normalized spacial score (nSPS) is 12.1. The van der Waals surface area contributed by atoms with Gasteiger partial charge in [0.2, 0.25) is 5.88 Å². The molecule has 0 aliphatic carbocycles. The lowest BCUT2D eigenvalue weighted by Crippen LogP contribution is -1.97. The van der Waals surface area contributed by atoms with Crippen LogP contribution >= 0.6 is 0 Å². The van der Waals surface area contributed by atoms with E-state index in [9.17, 15) is 9.18 Å². The predicted octanol–water partition coefficient (Wildman–Crippen LogP) is 6.31. The molecule has 4 heteroatoms. The summed E-state index contributed by atoms with van der Waals surface area (Å²) in [5.74, 6) is 1.32. The molecule has 2 aromatic carbocycles. The number of ether oxygens (including phenoxy) is 1. The third-order valence-electron chi connectivity index (χ3n) is 4.24. The average Bonchev–Trinajstić information content (AvgIpc) is 2.68. The van der Waals surface area contributed by atoms with E-state index in [1.54, 1.807) is 25.3 Å². The van der Waals surface area contributed by atoms with Crippen molar-refractivity contribution in [3.8, 4) is 22.8 Å². The van der Waals surface area contributed by atoms with E-state index in [-0.39, 0.29) is 17.5 Å². The lowest BCUT2D eigenvalue weighted by Gasteiger charge is -2.07. The van der Waals surface area contributed by atoms with Gasteiger partial charge in [-0.2, -0.15) is 0 Å². The smallest absolute Gasteiger partial charge is 0.219 e. The maximum Gasteiger partial charge on any atom is 0.219 e. The molecule has 0 saturated carbocycles. The highest BCUT2D eigenvalue weighted by Crippen LogP contribution is 2.25. The second-order valence-corrected chi connectivity index (χ2v) is 6.81. The Kier molecular flexibility index (Phi) is 6.33. The van der Waals surface area contributed by atoms with Gasteiger partial charge in [-0.3, -0.25) is 0 Å². The first-order chi connectivity index (χ1) is 13.5. The number of carbonyl (C=O) groups excluding carboxylic acids is 1. The molecule has 0 N–H and O–H groups in total. The van der Waals surface area contributed by atoms with Gasteiger partial charge >= 0.3 is 0 Å². The van der Waals surface area contributed by atoms with Crippen LogP contribution in [-0.4, -0.2) is 10.8 Å². The second kappa shape index (κ2) is 9.09. The number of rotatable bonds is 7. The zero-order chi connectivity index (χ0) is 19.9. The van der Waals surface area contributed by atoms with Gasteiger partial charge in [0.25, 0.3) is 0 Å². The summed E-state index contributed by atoms with van der Waals surface area (Å²) in [7, 11) is 0. The topological polar surface area (TPSA) is 39.2 Å². The van der Waals surface area contributed by atoms with Gasteiger partial charge in [0.1, 0.15) is 17.3 Å². The van der Waals surface area contributed by atoms with Gasteiger partial charge in [0.05, 0.1) is 0 Å². The predicted molar refractivity (Wildman–Crippen MR) is 110 cm³/mol. The Hall–Kier alpha value is -3.27. The molecule has 3 nitrogen and oxygen atoms in total. The summed E-state index contributed by atoms with van der Waals surface area (Å²) in [5.41, 5.74) is 2.89. The third-order valence-corrected chi connectivity index (χ3v) is 4.24. The number of hydrogen-bond donors (Lipinski definition) is 0. The maximum absolute atomic E-state index is 13.0. The molecule has 0 bridgehead atoms. The number of pyridine rings is 1. The molecule has 3 rings (SSSR count). The summed E-state index contributed by atoms with van der Waals surface area (Å²) in [6.45, 7) is 3.61. The van der Waals surface area contributed by atoms with Crippen LogP contribution in [0.3, 0.4) is 0 Å². The largest absolute Gasteiger partial charge is 0.439 e. The molecule has 0 unspecified atom stereocenters. The van der Waals surface area contributed by atoms with Crippen LogP contribution in [0.4, 0.5) is 4.39 Å². The van der Waals surface area contributed by atoms with Gasteiger partial charge in [-0.1, -0.05) is 43.3 Å². The number of ketones is 1. The molecule has 0 aliphatic heterocycles. The van der Waals surface area contributed by atoms with Gasteiger partial charge in [-0.25, -0.2) is 9.37 Å². The van der Waals surface area contributed by atoms with E-state index in [1.165, 1.54) is 12.1 Å². The van der Waals surface area contributed by atoms with Gasteiger partial charge < -0.3 is 9.53 Å². The van der Waals surface area contributed by atoms with Crippen molar-refractivity contribution < 1.29 is 13.9 Å². The van der Waals surface area contributed by atoms with Crippen molar-refractivity contribution in [1.29, 1.82) is 0 Å². The monoisotopic (exact) mass is 375 g/mol. The first-order valence-electron chi connectivity index (χ1n) is 9.17. The van der Waals surface area contributed by atoms with Crippen LogP contribution in [0.1, 0.15) is 25.8 Å². The van der Waals surface area contributed by atoms with Crippen molar-refractivity contribution in [3.05, 3.63) is 84.3 Å². The minimum Gasteiger partial charge on any atom is -0.439 e. The number of nitrogens with zero attached hydrogens (tertiary/aromatic N) is 1. The summed E-state index contributed by atoms with van der Waals surface area (Å²) in [4.78, 5) is 15.4. The van der Waals surface area contributed by atoms with E-state index < -0.39 is 0 Å². The van der Waals surface area contributed by atoms with Crippen LogP contribution in [0.2, 0.25) is 0 Å². The van der Waals surface area contributed by atoms with E-state index in [0.717, 1.165) is 16.7 Å². The van der Waals surface area contributed by atoms with Gasteiger partial charge in [-0.05, 0) is 59.9 Å². The van der Waals surface area contributed by atoms with Crippen molar-refractivity contribution in [3.63, 3.8) is 0 Å². The zero-order valence-electron chi connectivity index (χ0n) is 15.9. The minimum atomic E-state index is -0.249. The molecule has 142 valence electrons. The Morgan fingerprint density at radius 3 is 2.25 bits per heavy atom. The van der Waals surface area contributed by atoms with E-state index in [4.69, 9.17) is 4.74 Å². The van der Waals surface area contributed by atoms with E-state index in [2.05, 4.69) is 4.98 Å². The van der Waals surface area contributed by atoms with Crippen LogP contribution in [-0.2, 0) is 4.79 Å². The number of benzene rings is 2. The van der Waals surface area contributed by atoms with Crippen LogP contribution in [0.5, 0.6) is 11.6 Å². The van der Waals surface area contributed by atoms with Crippen molar-refractivity contribution in [2.45, 2.75) is 20.3 Å². The fourth-order valence-corrected chi connectivity index (χ4v) is 2.83. The number of halogens is 1. The molecule has 0 aliphatic rings. The molecule has 1 heterocycles. The number of hydrogen-bond acceptors (Lipinski definition) is 3. The Balaban J connectivity index is 1.61. The summed E-state index contributed by atoms with van der Waals surface area (Å²) >= 11 is 0. The van der Waals surface area contributed by atoms with E-state index in [0.29, 0.717) is 18.1 Å². The molecular weight excluding hydrogens is 353 g/mol. The molecular formula is C24H22FNO2. The molecule has 1 aromatic heterocycles. The Morgan fingerprint density at radius 1 is 1.04 bits per heavy atom.